The maximum absolute atomic E-state index is 12.6. The van der Waals surface area contributed by atoms with E-state index >= 15 is 0 Å². The molecule has 0 aliphatic carbocycles. The Morgan fingerprint density at radius 1 is 1.18 bits per heavy atom. The lowest BCUT2D eigenvalue weighted by molar-refractivity contribution is -0.0512. The maximum Gasteiger partial charge on any atom is 0.387 e. The van der Waals surface area contributed by atoms with Gasteiger partial charge in [0.15, 0.2) is 11.5 Å². The van der Waals surface area contributed by atoms with Crippen molar-refractivity contribution >= 4 is 28.4 Å². The standard InChI is InChI=1S/C20H17ClF2N2O3/c1-27-16-7-6-12(10-17(16)28-20(22)23)8-9-24-19(26)14-11-18(21)25-15-5-3-2-4-13(14)15/h2-7,10-11,20H,8-9H2,1H3,(H,24,26). The second kappa shape index (κ2) is 8.84. The molecule has 5 nitrogen and oxygen atoms in total. The molecule has 28 heavy (non-hydrogen) atoms. The third kappa shape index (κ3) is 4.67. The molecule has 1 heterocycles. The van der Waals surface area contributed by atoms with Gasteiger partial charge >= 0.3 is 6.61 Å². The SMILES string of the molecule is COc1ccc(CCNC(=O)c2cc(Cl)nc3ccccc23)cc1OC(F)F. The van der Waals surface area contributed by atoms with Crippen molar-refractivity contribution in [2.75, 3.05) is 13.7 Å². The fourth-order valence-corrected chi connectivity index (χ4v) is 3.01. The molecule has 3 aromatic rings. The van der Waals surface area contributed by atoms with Gasteiger partial charge < -0.3 is 14.8 Å². The van der Waals surface area contributed by atoms with Crippen LogP contribution in [0.15, 0.2) is 48.5 Å². The largest absolute Gasteiger partial charge is 0.493 e. The topological polar surface area (TPSA) is 60.5 Å². The number of hydrogen-bond acceptors (Lipinski definition) is 4. The van der Waals surface area contributed by atoms with Gasteiger partial charge in [-0.15, -0.1) is 0 Å². The van der Waals surface area contributed by atoms with Crippen LogP contribution >= 0.6 is 11.6 Å². The maximum atomic E-state index is 12.6. The van der Waals surface area contributed by atoms with E-state index in [1.54, 1.807) is 24.3 Å². The van der Waals surface area contributed by atoms with Gasteiger partial charge in [-0.2, -0.15) is 8.78 Å². The first-order valence-corrected chi connectivity index (χ1v) is 8.81. The number of carbonyl (C=O) groups excluding carboxylic acids is 1. The molecule has 0 unspecified atom stereocenters. The number of hydrogen-bond donors (Lipinski definition) is 1. The number of para-hydroxylation sites is 1. The van der Waals surface area contributed by atoms with Crippen LogP contribution in [0, 0.1) is 0 Å². The number of nitrogens with zero attached hydrogens (tertiary/aromatic N) is 1. The summed E-state index contributed by atoms with van der Waals surface area (Å²) in [6.07, 6.45) is 0.423. The molecule has 1 aromatic heterocycles. The summed E-state index contributed by atoms with van der Waals surface area (Å²) in [6, 6.07) is 13.5. The lowest BCUT2D eigenvalue weighted by Gasteiger charge is -2.12. The minimum atomic E-state index is -2.95. The van der Waals surface area contributed by atoms with Crippen LogP contribution in [0.4, 0.5) is 8.78 Å². The van der Waals surface area contributed by atoms with Crippen molar-refractivity contribution in [3.8, 4) is 11.5 Å². The number of pyridine rings is 1. The number of halogens is 3. The van der Waals surface area contributed by atoms with E-state index in [1.165, 1.54) is 19.2 Å². The fourth-order valence-electron chi connectivity index (χ4n) is 2.81. The highest BCUT2D eigenvalue weighted by atomic mass is 35.5. The molecule has 0 bridgehead atoms. The molecule has 3 rings (SSSR count). The minimum Gasteiger partial charge on any atom is -0.493 e. The van der Waals surface area contributed by atoms with Gasteiger partial charge in [-0.3, -0.25) is 4.79 Å². The Hall–Kier alpha value is -2.93. The van der Waals surface area contributed by atoms with Gasteiger partial charge in [0, 0.05) is 11.9 Å². The van der Waals surface area contributed by atoms with E-state index in [9.17, 15) is 13.6 Å². The zero-order chi connectivity index (χ0) is 20.1. The smallest absolute Gasteiger partial charge is 0.387 e. The Morgan fingerprint density at radius 2 is 1.96 bits per heavy atom. The third-order valence-corrected chi connectivity index (χ3v) is 4.27. The first kappa shape index (κ1) is 19.8. The van der Waals surface area contributed by atoms with E-state index in [-0.39, 0.29) is 22.6 Å². The van der Waals surface area contributed by atoms with Crippen LogP contribution in [-0.2, 0) is 6.42 Å². The fraction of sp³-hybridized carbons (Fsp3) is 0.200. The predicted molar refractivity (Wildman–Crippen MR) is 102 cm³/mol. The van der Waals surface area contributed by atoms with E-state index in [2.05, 4.69) is 15.0 Å². The number of methoxy groups -OCH3 is 1. The molecule has 0 spiro atoms. The number of rotatable bonds is 7. The summed E-state index contributed by atoms with van der Waals surface area (Å²) in [5.41, 5.74) is 1.77. The molecule has 0 radical (unpaired) electrons. The lowest BCUT2D eigenvalue weighted by Crippen LogP contribution is -2.26. The van der Waals surface area contributed by atoms with Crippen molar-refractivity contribution in [3.05, 3.63) is 64.8 Å². The quantitative estimate of drug-likeness (QED) is 0.588. The predicted octanol–water partition coefficient (Wildman–Crippen LogP) is 4.47. The number of ether oxygens (including phenoxy) is 2. The Kier molecular flexibility index (Phi) is 6.26. The number of benzene rings is 2. The zero-order valence-electron chi connectivity index (χ0n) is 14.9. The van der Waals surface area contributed by atoms with Crippen molar-refractivity contribution in [2.45, 2.75) is 13.0 Å². The summed E-state index contributed by atoms with van der Waals surface area (Å²) in [4.78, 5) is 16.8. The summed E-state index contributed by atoms with van der Waals surface area (Å²) in [7, 11) is 1.37. The molecule has 0 aliphatic heterocycles. The summed E-state index contributed by atoms with van der Waals surface area (Å²) >= 11 is 6.01. The second-order valence-electron chi connectivity index (χ2n) is 5.88. The highest BCUT2D eigenvalue weighted by Gasteiger charge is 2.13. The number of fused-ring (bicyclic) bond motifs is 1. The third-order valence-electron chi connectivity index (χ3n) is 4.07. The average Bonchev–Trinajstić information content (AvgIpc) is 2.67. The monoisotopic (exact) mass is 406 g/mol. The molecule has 146 valence electrons. The molecule has 0 aliphatic rings. The number of aromatic nitrogens is 1. The van der Waals surface area contributed by atoms with Crippen LogP contribution in [0.1, 0.15) is 15.9 Å². The van der Waals surface area contributed by atoms with E-state index in [4.69, 9.17) is 16.3 Å². The number of carbonyl (C=O) groups is 1. The molecule has 0 saturated carbocycles. The summed E-state index contributed by atoms with van der Waals surface area (Å²) < 4.78 is 34.5. The van der Waals surface area contributed by atoms with Crippen LogP contribution in [0.5, 0.6) is 11.5 Å². The molecule has 8 heteroatoms. The Bertz CT molecular complexity index is 998. The van der Waals surface area contributed by atoms with Gasteiger partial charge in [-0.1, -0.05) is 35.9 Å². The molecule has 0 fully saturated rings. The van der Waals surface area contributed by atoms with Crippen molar-refractivity contribution in [2.24, 2.45) is 0 Å². The summed E-state index contributed by atoms with van der Waals surface area (Å²) in [6.45, 7) is -2.65. The Balaban J connectivity index is 1.69. The van der Waals surface area contributed by atoms with Gasteiger partial charge in [-0.25, -0.2) is 4.98 Å². The normalized spacial score (nSPS) is 10.9. The molecule has 1 N–H and O–H groups in total. The van der Waals surface area contributed by atoms with Gasteiger partial charge in [0.2, 0.25) is 0 Å². The highest BCUT2D eigenvalue weighted by molar-refractivity contribution is 6.30. The van der Waals surface area contributed by atoms with Gasteiger partial charge in [0.05, 0.1) is 18.2 Å². The average molecular weight is 407 g/mol. The van der Waals surface area contributed by atoms with Crippen LogP contribution in [0.25, 0.3) is 10.9 Å². The highest BCUT2D eigenvalue weighted by Crippen LogP contribution is 2.29. The molecular weight excluding hydrogens is 390 g/mol. The van der Waals surface area contributed by atoms with Crippen LogP contribution < -0.4 is 14.8 Å². The second-order valence-corrected chi connectivity index (χ2v) is 6.27. The van der Waals surface area contributed by atoms with Crippen LogP contribution in [0.2, 0.25) is 5.15 Å². The van der Waals surface area contributed by atoms with Crippen molar-refractivity contribution < 1.29 is 23.0 Å². The molecular formula is C20H17ClF2N2O3. The van der Waals surface area contributed by atoms with Crippen molar-refractivity contribution in [1.82, 2.24) is 10.3 Å². The van der Waals surface area contributed by atoms with E-state index < -0.39 is 6.61 Å². The van der Waals surface area contributed by atoms with E-state index in [1.807, 2.05) is 12.1 Å². The van der Waals surface area contributed by atoms with Gasteiger partial charge in [0.25, 0.3) is 5.91 Å². The molecule has 0 atom stereocenters. The van der Waals surface area contributed by atoms with Crippen LogP contribution in [0.3, 0.4) is 0 Å². The van der Waals surface area contributed by atoms with E-state index in [0.717, 1.165) is 5.56 Å². The number of amides is 1. The van der Waals surface area contributed by atoms with Crippen molar-refractivity contribution in [3.63, 3.8) is 0 Å². The summed E-state index contributed by atoms with van der Waals surface area (Å²) in [5.74, 6) is -0.128. The number of alkyl halides is 2. The lowest BCUT2D eigenvalue weighted by atomic mass is 10.1. The van der Waals surface area contributed by atoms with Gasteiger partial charge in [0.1, 0.15) is 5.15 Å². The Labute approximate surface area is 165 Å². The summed E-state index contributed by atoms with van der Waals surface area (Å²) in [5, 5.41) is 3.74. The van der Waals surface area contributed by atoms with Crippen LogP contribution in [-0.4, -0.2) is 31.2 Å². The van der Waals surface area contributed by atoms with Gasteiger partial charge in [-0.05, 0) is 36.2 Å². The number of nitrogens with one attached hydrogen (secondary N) is 1. The van der Waals surface area contributed by atoms with E-state index in [0.29, 0.717) is 29.4 Å². The first-order valence-electron chi connectivity index (χ1n) is 8.43. The molecule has 2 aromatic carbocycles. The van der Waals surface area contributed by atoms with Crippen molar-refractivity contribution in [1.29, 1.82) is 0 Å². The molecule has 0 saturated heterocycles. The minimum absolute atomic E-state index is 0.0479. The first-order chi connectivity index (χ1) is 13.5. The Morgan fingerprint density at radius 3 is 2.71 bits per heavy atom. The molecule has 1 amide bonds. The zero-order valence-corrected chi connectivity index (χ0v) is 15.7.